The average molecular weight is 339 g/mol. The predicted octanol–water partition coefficient (Wildman–Crippen LogP) is 2.71. The van der Waals surface area contributed by atoms with Gasteiger partial charge in [0.15, 0.2) is 17.3 Å². The first kappa shape index (κ1) is 16.9. The zero-order valence-corrected chi connectivity index (χ0v) is 14.3. The SMILES string of the molecule is CCOc1ccc(C(N)c2nc(-c3ccccn3)n[nH]2)cc1OCC. The van der Waals surface area contributed by atoms with E-state index in [1.54, 1.807) is 6.20 Å². The molecule has 0 aliphatic heterocycles. The van der Waals surface area contributed by atoms with Crippen LogP contribution in [0.1, 0.15) is 31.3 Å². The molecule has 0 amide bonds. The maximum absolute atomic E-state index is 6.35. The summed E-state index contributed by atoms with van der Waals surface area (Å²) < 4.78 is 11.2. The molecule has 1 atom stereocenters. The molecule has 0 saturated heterocycles. The molecule has 25 heavy (non-hydrogen) atoms. The first-order valence-electron chi connectivity index (χ1n) is 8.21. The summed E-state index contributed by atoms with van der Waals surface area (Å²) in [4.78, 5) is 8.71. The number of nitrogens with two attached hydrogens (primary N) is 1. The summed E-state index contributed by atoms with van der Waals surface area (Å²) in [5.74, 6) is 2.45. The van der Waals surface area contributed by atoms with Crippen LogP contribution in [0.25, 0.3) is 11.5 Å². The third-order valence-corrected chi connectivity index (χ3v) is 3.62. The van der Waals surface area contributed by atoms with Crippen molar-refractivity contribution in [2.75, 3.05) is 13.2 Å². The number of H-pyrrole nitrogens is 1. The molecule has 1 aromatic carbocycles. The van der Waals surface area contributed by atoms with Gasteiger partial charge in [0.05, 0.1) is 19.3 Å². The number of aromatic amines is 1. The highest BCUT2D eigenvalue weighted by atomic mass is 16.5. The minimum atomic E-state index is -0.458. The van der Waals surface area contributed by atoms with Gasteiger partial charge in [0.1, 0.15) is 11.5 Å². The topological polar surface area (TPSA) is 98.9 Å². The van der Waals surface area contributed by atoms with E-state index in [0.717, 1.165) is 5.56 Å². The Hall–Kier alpha value is -2.93. The number of rotatable bonds is 7. The highest BCUT2D eigenvalue weighted by Gasteiger charge is 2.17. The highest BCUT2D eigenvalue weighted by molar-refractivity contribution is 5.49. The lowest BCUT2D eigenvalue weighted by molar-refractivity contribution is 0.287. The Bertz CT molecular complexity index is 819. The van der Waals surface area contributed by atoms with E-state index < -0.39 is 6.04 Å². The molecule has 0 spiro atoms. The molecule has 2 heterocycles. The second kappa shape index (κ2) is 7.76. The zero-order valence-electron chi connectivity index (χ0n) is 14.3. The lowest BCUT2D eigenvalue weighted by Crippen LogP contribution is -2.14. The summed E-state index contributed by atoms with van der Waals surface area (Å²) in [6.45, 7) is 4.98. The van der Waals surface area contributed by atoms with Crippen LogP contribution in [0, 0.1) is 0 Å². The maximum Gasteiger partial charge on any atom is 0.199 e. The summed E-state index contributed by atoms with van der Waals surface area (Å²) in [5.41, 5.74) is 7.90. The van der Waals surface area contributed by atoms with Crippen molar-refractivity contribution in [3.8, 4) is 23.0 Å². The van der Waals surface area contributed by atoms with Crippen molar-refractivity contribution in [3.63, 3.8) is 0 Å². The predicted molar refractivity (Wildman–Crippen MR) is 94.4 cm³/mol. The number of benzene rings is 1. The van der Waals surface area contributed by atoms with Gasteiger partial charge in [-0.3, -0.25) is 10.1 Å². The van der Waals surface area contributed by atoms with Gasteiger partial charge in [-0.1, -0.05) is 12.1 Å². The van der Waals surface area contributed by atoms with Crippen molar-refractivity contribution >= 4 is 0 Å². The second-order valence-electron chi connectivity index (χ2n) is 5.31. The molecule has 3 N–H and O–H groups in total. The maximum atomic E-state index is 6.35. The Morgan fingerprint density at radius 2 is 1.88 bits per heavy atom. The molecule has 7 nitrogen and oxygen atoms in total. The molecule has 0 aliphatic rings. The average Bonchev–Trinajstić information content (AvgIpc) is 3.14. The van der Waals surface area contributed by atoms with E-state index in [2.05, 4.69) is 20.2 Å². The van der Waals surface area contributed by atoms with Gasteiger partial charge in [-0.25, -0.2) is 4.98 Å². The normalized spacial score (nSPS) is 12.0. The van der Waals surface area contributed by atoms with Gasteiger partial charge < -0.3 is 15.2 Å². The van der Waals surface area contributed by atoms with E-state index in [4.69, 9.17) is 15.2 Å². The quantitative estimate of drug-likeness (QED) is 0.686. The highest BCUT2D eigenvalue weighted by Crippen LogP contribution is 2.31. The molecule has 0 saturated carbocycles. The van der Waals surface area contributed by atoms with Crippen molar-refractivity contribution < 1.29 is 9.47 Å². The summed E-state index contributed by atoms with van der Waals surface area (Å²) in [6, 6.07) is 10.8. The number of aromatic nitrogens is 4. The third-order valence-electron chi connectivity index (χ3n) is 3.62. The molecule has 3 aromatic rings. The van der Waals surface area contributed by atoms with E-state index in [1.165, 1.54) is 0 Å². The van der Waals surface area contributed by atoms with Gasteiger partial charge in [0, 0.05) is 6.20 Å². The Kier molecular flexibility index (Phi) is 5.25. The molecule has 130 valence electrons. The van der Waals surface area contributed by atoms with Gasteiger partial charge >= 0.3 is 0 Å². The summed E-state index contributed by atoms with van der Waals surface area (Å²) in [6.07, 6.45) is 1.70. The van der Waals surface area contributed by atoms with E-state index in [0.29, 0.717) is 42.1 Å². The largest absolute Gasteiger partial charge is 0.490 e. The Morgan fingerprint density at radius 1 is 1.08 bits per heavy atom. The van der Waals surface area contributed by atoms with E-state index in [9.17, 15) is 0 Å². The van der Waals surface area contributed by atoms with Gasteiger partial charge in [0.2, 0.25) is 0 Å². The molecule has 7 heteroatoms. The molecular formula is C18H21N5O2. The summed E-state index contributed by atoms with van der Waals surface area (Å²) in [5, 5.41) is 7.10. The minimum absolute atomic E-state index is 0.458. The lowest BCUT2D eigenvalue weighted by Gasteiger charge is -2.14. The third kappa shape index (κ3) is 3.77. The van der Waals surface area contributed by atoms with Crippen LogP contribution in [0.5, 0.6) is 11.5 Å². The van der Waals surface area contributed by atoms with Gasteiger partial charge in [-0.05, 0) is 43.7 Å². The Labute approximate surface area is 146 Å². The van der Waals surface area contributed by atoms with E-state index in [-0.39, 0.29) is 0 Å². The van der Waals surface area contributed by atoms with E-state index >= 15 is 0 Å². The second-order valence-corrected chi connectivity index (χ2v) is 5.31. The fourth-order valence-electron chi connectivity index (χ4n) is 2.44. The van der Waals surface area contributed by atoms with Crippen LogP contribution in [-0.4, -0.2) is 33.4 Å². The first-order chi connectivity index (χ1) is 12.2. The number of hydrogen-bond donors (Lipinski definition) is 2. The first-order valence-corrected chi connectivity index (χ1v) is 8.21. The Morgan fingerprint density at radius 3 is 2.60 bits per heavy atom. The molecule has 3 rings (SSSR count). The van der Waals surface area contributed by atoms with Gasteiger partial charge in [-0.2, -0.15) is 5.10 Å². The fourth-order valence-corrected chi connectivity index (χ4v) is 2.44. The van der Waals surface area contributed by atoms with Crippen LogP contribution >= 0.6 is 0 Å². The van der Waals surface area contributed by atoms with Crippen molar-refractivity contribution in [3.05, 3.63) is 54.0 Å². The number of hydrogen-bond acceptors (Lipinski definition) is 6. The molecule has 0 radical (unpaired) electrons. The standard InChI is InChI=1S/C18H21N5O2/c1-3-24-14-9-8-12(11-15(14)25-4-2)16(19)18-21-17(22-23-18)13-7-5-6-10-20-13/h5-11,16H,3-4,19H2,1-2H3,(H,21,22,23). The van der Waals surface area contributed by atoms with Gasteiger partial charge in [-0.15, -0.1) is 0 Å². The fraction of sp³-hybridized carbons (Fsp3) is 0.278. The number of ether oxygens (including phenoxy) is 2. The van der Waals surface area contributed by atoms with Crippen molar-refractivity contribution in [2.45, 2.75) is 19.9 Å². The monoisotopic (exact) mass is 339 g/mol. The molecule has 0 fully saturated rings. The number of nitrogens with zero attached hydrogens (tertiary/aromatic N) is 3. The lowest BCUT2D eigenvalue weighted by atomic mass is 10.1. The Balaban J connectivity index is 1.86. The number of pyridine rings is 1. The van der Waals surface area contributed by atoms with Crippen LogP contribution in [-0.2, 0) is 0 Å². The smallest absolute Gasteiger partial charge is 0.199 e. The zero-order chi connectivity index (χ0) is 17.6. The molecule has 0 bridgehead atoms. The van der Waals surface area contributed by atoms with Crippen LogP contribution in [0.15, 0.2) is 42.6 Å². The van der Waals surface area contributed by atoms with Crippen LogP contribution in [0.3, 0.4) is 0 Å². The van der Waals surface area contributed by atoms with Gasteiger partial charge in [0.25, 0.3) is 0 Å². The van der Waals surface area contributed by atoms with Crippen LogP contribution < -0.4 is 15.2 Å². The molecule has 1 unspecified atom stereocenters. The number of nitrogens with one attached hydrogen (secondary N) is 1. The molecule has 0 aliphatic carbocycles. The summed E-state index contributed by atoms with van der Waals surface area (Å²) >= 11 is 0. The van der Waals surface area contributed by atoms with Crippen molar-refractivity contribution in [1.29, 1.82) is 0 Å². The minimum Gasteiger partial charge on any atom is -0.490 e. The van der Waals surface area contributed by atoms with E-state index in [1.807, 2.05) is 50.2 Å². The molecular weight excluding hydrogens is 318 g/mol. The molecule has 2 aromatic heterocycles. The van der Waals surface area contributed by atoms with Crippen LogP contribution in [0.2, 0.25) is 0 Å². The summed E-state index contributed by atoms with van der Waals surface area (Å²) in [7, 11) is 0. The van der Waals surface area contributed by atoms with Crippen molar-refractivity contribution in [2.24, 2.45) is 5.73 Å². The van der Waals surface area contributed by atoms with Crippen LogP contribution in [0.4, 0.5) is 0 Å². The van der Waals surface area contributed by atoms with Crippen molar-refractivity contribution in [1.82, 2.24) is 20.2 Å².